The summed E-state index contributed by atoms with van der Waals surface area (Å²) in [5.41, 5.74) is 8.23. The van der Waals surface area contributed by atoms with Crippen molar-refractivity contribution in [2.24, 2.45) is 0 Å². The molecule has 0 spiro atoms. The third-order valence-corrected chi connectivity index (χ3v) is 6.53. The normalized spacial score (nSPS) is 19.2. The predicted molar refractivity (Wildman–Crippen MR) is 116 cm³/mol. The number of benzene rings is 2. The molecule has 0 saturated heterocycles. The minimum absolute atomic E-state index is 0.120. The Kier molecular flexibility index (Phi) is 3.46. The number of anilines is 1. The second kappa shape index (κ2) is 5.92. The number of nitrogen functional groups attached to an aromatic ring is 1. The Morgan fingerprint density at radius 2 is 2.00 bits per heavy atom. The number of aromatic nitrogens is 2. The zero-order valence-corrected chi connectivity index (χ0v) is 16.8. The Balaban J connectivity index is 1.62. The summed E-state index contributed by atoms with van der Waals surface area (Å²) >= 11 is 0. The van der Waals surface area contributed by atoms with Gasteiger partial charge in [-0.3, -0.25) is 4.79 Å². The summed E-state index contributed by atoms with van der Waals surface area (Å²) in [5, 5.41) is 14.0. The highest BCUT2D eigenvalue weighted by atomic mass is 16.6. The molecule has 4 aromatic rings. The Labute approximate surface area is 176 Å². The van der Waals surface area contributed by atoms with Crippen LogP contribution in [0.25, 0.3) is 33.1 Å². The molecular weight excluding hydrogens is 394 g/mol. The summed E-state index contributed by atoms with van der Waals surface area (Å²) in [7, 11) is 0. The second-order valence-corrected chi connectivity index (χ2v) is 8.21. The highest BCUT2D eigenvalue weighted by Crippen LogP contribution is 2.39. The number of aliphatic hydroxyl groups is 1. The van der Waals surface area contributed by atoms with E-state index in [0.29, 0.717) is 34.7 Å². The molecule has 6 rings (SSSR count). The molecule has 1 atom stereocenters. The van der Waals surface area contributed by atoms with Crippen LogP contribution in [0.1, 0.15) is 30.0 Å². The molecule has 0 radical (unpaired) electrons. The highest BCUT2D eigenvalue weighted by molar-refractivity contribution is 6.07. The van der Waals surface area contributed by atoms with Crippen molar-refractivity contribution in [2.75, 3.05) is 5.73 Å². The fourth-order valence-electron chi connectivity index (χ4n) is 4.81. The van der Waals surface area contributed by atoms with Crippen molar-refractivity contribution in [3.63, 3.8) is 0 Å². The van der Waals surface area contributed by atoms with Gasteiger partial charge in [0.25, 0.3) is 5.56 Å². The molecule has 0 fully saturated rings. The summed E-state index contributed by atoms with van der Waals surface area (Å²) in [6, 6.07) is 13.5. The average Bonchev–Trinajstić information content (AvgIpc) is 3.13. The van der Waals surface area contributed by atoms with Gasteiger partial charge in [0.05, 0.1) is 29.0 Å². The lowest BCUT2D eigenvalue weighted by Gasteiger charge is -2.31. The molecule has 0 bridgehead atoms. The van der Waals surface area contributed by atoms with Gasteiger partial charge in [-0.25, -0.2) is 9.78 Å². The van der Waals surface area contributed by atoms with Gasteiger partial charge in [0.15, 0.2) is 5.60 Å². The number of nitrogens with two attached hydrogens (primary N) is 1. The van der Waals surface area contributed by atoms with E-state index < -0.39 is 11.6 Å². The highest BCUT2D eigenvalue weighted by Gasteiger charge is 2.45. The number of rotatable bonds is 1. The molecule has 0 unspecified atom stereocenters. The van der Waals surface area contributed by atoms with Crippen molar-refractivity contribution in [3.8, 4) is 11.4 Å². The lowest BCUT2D eigenvalue weighted by molar-refractivity contribution is -0.172. The summed E-state index contributed by atoms with van der Waals surface area (Å²) in [6.45, 7) is 1.94. The minimum Gasteiger partial charge on any atom is -0.458 e. The van der Waals surface area contributed by atoms with Gasteiger partial charge in [-0.1, -0.05) is 19.1 Å². The number of pyridine rings is 2. The quantitative estimate of drug-likeness (QED) is 0.249. The van der Waals surface area contributed by atoms with Crippen molar-refractivity contribution in [1.29, 1.82) is 0 Å². The maximum absolute atomic E-state index is 13.2. The smallest absolute Gasteiger partial charge is 0.343 e. The molecule has 0 aliphatic carbocycles. The lowest BCUT2D eigenvalue weighted by atomic mass is 9.86. The van der Waals surface area contributed by atoms with Crippen molar-refractivity contribution < 1.29 is 14.6 Å². The van der Waals surface area contributed by atoms with E-state index in [0.717, 1.165) is 27.2 Å². The van der Waals surface area contributed by atoms with Crippen molar-refractivity contribution in [1.82, 2.24) is 9.55 Å². The first-order valence-electron chi connectivity index (χ1n) is 10.2. The van der Waals surface area contributed by atoms with E-state index in [-0.39, 0.29) is 18.6 Å². The van der Waals surface area contributed by atoms with E-state index in [1.165, 1.54) is 0 Å². The van der Waals surface area contributed by atoms with E-state index in [4.69, 9.17) is 15.5 Å². The molecule has 3 N–H and O–H groups in total. The Morgan fingerprint density at radius 1 is 1.16 bits per heavy atom. The maximum atomic E-state index is 13.2. The number of cyclic esters (lactones) is 1. The van der Waals surface area contributed by atoms with E-state index in [1.54, 1.807) is 17.6 Å². The van der Waals surface area contributed by atoms with Crippen LogP contribution in [0.15, 0.2) is 47.3 Å². The third kappa shape index (κ3) is 2.29. The Hall–Kier alpha value is -3.71. The molecule has 4 heterocycles. The fraction of sp³-hybridized carbons (Fsp3) is 0.208. The fourth-order valence-corrected chi connectivity index (χ4v) is 4.81. The van der Waals surface area contributed by atoms with E-state index in [9.17, 15) is 14.7 Å². The summed E-state index contributed by atoms with van der Waals surface area (Å²) in [6.07, 6.45) is 0.120. The zero-order valence-electron chi connectivity index (χ0n) is 16.8. The summed E-state index contributed by atoms with van der Waals surface area (Å²) in [4.78, 5) is 30.4. The molecule has 154 valence electrons. The molecule has 7 nitrogen and oxygen atoms in total. The van der Waals surface area contributed by atoms with Crippen molar-refractivity contribution in [2.45, 2.75) is 32.1 Å². The number of hydrogen-bond acceptors (Lipinski definition) is 6. The number of nitrogens with zero attached hydrogens (tertiary/aromatic N) is 2. The molecule has 2 aromatic carbocycles. The molecule has 0 amide bonds. The number of hydrogen-bond donors (Lipinski definition) is 2. The van der Waals surface area contributed by atoms with Gasteiger partial charge >= 0.3 is 5.97 Å². The maximum Gasteiger partial charge on any atom is 0.343 e. The van der Waals surface area contributed by atoms with Gasteiger partial charge in [-0.2, -0.15) is 0 Å². The number of fused-ring (bicyclic) bond motifs is 7. The Bertz CT molecular complexity index is 1520. The second-order valence-electron chi connectivity index (χ2n) is 8.21. The molecule has 2 aliphatic rings. The van der Waals surface area contributed by atoms with Gasteiger partial charge in [0.1, 0.15) is 6.61 Å². The molecular formula is C24H19N3O4. The molecule has 31 heavy (non-hydrogen) atoms. The average molecular weight is 413 g/mol. The topological polar surface area (TPSA) is 107 Å². The van der Waals surface area contributed by atoms with Crippen LogP contribution in [-0.2, 0) is 28.3 Å². The van der Waals surface area contributed by atoms with Crippen LogP contribution in [0.2, 0.25) is 0 Å². The summed E-state index contributed by atoms with van der Waals surface area (Å²) < 4.78 is 6.76. The van der Waals surface area contributed by atoms with Crippen LogP contribution in [0.5, 0.6) is 0 Å². The van der Waals surface area contributed by atoms with Crippen molar-refractivity contribution >= 4 is 33.3 Å². The minimum atomic E-state index is -1.82. The SMILES string of the molecule is CC[C@@]1(O)C(=O)OCc2c1cc1n(c2=O)Cc2cc3c(ccc4cc(N)ccc43)nc2-1. The first-order valence-corrected chi connectivity index (χ1v) is 10.2. The van der Waals surface area contributed by atoms with E-state index in [1.807, 2.05) is 30.3 Å². The van der Waals surface area contributed by atoms with Gasteiger partial charge < -0.3 is 20.1 Å². The molecule has 7 heteroatoms. The van der Waals surface area contributed by atoms with E-state index in [2.05, 4.69) is 6.07 Å². The van der Waals surface area contributed by atoms with Crippen LogP contribution in [-0.4, -0.2) is 20.6 Å². The number of carbonyl (C=O) groups excluding carboxylic acids is 1. The number of carbonyl (C=O) groups is 1. The van der Waals surface area contributed by atoms with Crippen LogP contribution < -0.4 is 11.3 Å². The van der Waals surface area contributed by atoms with Crippen LogP contribution in [0.3, 0.4) is 0 Å². The molecule has 0 saturated carbocycles. The standard InChI is InChI=1S/C24H19N3O4/c1-2-24(30)18-9-20-21-13(10-27(20)22(28)17(18)11-31-23(24)29)8-16-15-5-4-14(25)7-12(15)3-6-19(16)26-21/h3-9,30H,2,10-11,25H2,1H3/t24-/m0/s1. The van der Waals surface area contributed by atoms with Gasteiger partial charge in [0, 0.05) is 22.2 Å². The third-order valence-electron chi connectivity index (χ3n) is 6.53. The van der Waals surface area contributed by atoms with Crippen LogP contribution in [0.4, 0.5) is 5.69 Å². The predicted octanol–water partition coefficient (Wildman–Crippen LogP) is 2.82. The Morgan fingerprint density at radius 3 is 2.81 bits per heavy atom. The number of ether oxygens (including phenoxy) is 1. The van der Waals surface area contributed by atoms with Gasteiger partial charge in [0.2, 0.25) is 0 Å². The molecule has 2 aromatic heterocycles. The summed E-state index contributed by atoms with van der Waals surface area (Å²) in [5.74, 6) is -0.720. The zero-order chi connectivity index (χ0) is 21.5. The monoisotopic (exact) mass is 413 g/mol. The number of esters is 1. The molecule has 2 aliphatic heterocycles. The first-order chi connectivity index (χ1) is 14.9. The first kappa shape index (κ1) is 18.1. The van der Waals surface area contributed by atoms with E-state index >= 15 is 0 Å². The van der Waals surface area contributed by atoms with Gasteiger partial charge in [-0.05, 0) is 47.5 Å². The van der Waals surface area contributed by atoms with Crippen molar-refractivity contribution in [3.05, 3.63) is 69.5 Å². The van der Waals surface area contributed by atoms with Gasteiger partial charge in [-0.15, -0.1) is 0 Å². The largest absolute Gasteiger partial charge is 0.458 e. The van der Waals surface area contributed by atoms with Crippen LogP contribution >= 0.6 is 0 Å². The van der Waals surface area contributed by atoms with Crippen LogP contribution in [0, 0.1) is 0 Å². The lowest BCUT2D eigenvalue weighted by Crippen LogP contribution is -2.44.